The number of ether oxygens (including phenoxy) is 4. The maximum absolute atomic E-state index is 14.2. The van der Waals surface area contributed by atoms with Gasteiger partial charge < -0.3 is 34.5 Å². The highest BCUT2D eigenvalue weighted by molar-refractivity contribution is 5.93. The van der Waals surface area contributed by atoms with Crippen LogP contribution in [-0.2, 0) is 35.1 Å². The zero-order valence-corrected chi connectivity index (χ0v) is 31.3. The Hall–Kier alpha value is -4.36. The second kappa shape index (κ2) is 18.6. The van der Waals surface area contributed by atoms with Crippen molar-refractivity contribution in [2.75, 3.05) is 19.6 Å². The molecule has 0 aromatic heterocycles. The van der Waals surface area contributed by atoms with Gasteiger partial charge in [-0.25, -0.2) is 14.4 Å². The number of carbonyl (C=O) groups excluding carboxylic acids is 5. The first-order chi connectivity index (χ1) is 23.1. The molecule has 1 fully saturated rings. The van der Waals surface area contributed by atoms with Gasteiger partial charge in [-0.2, -0.15) is 0 Å². The Morgan fingerprint density at radius 1 is 0.800 bits per heavy atom. The van der Waals surface area contributed by atoms with Crippen LogP contribution in [0.3, 0.4) is 0 Å². The number of nitrogens with one attached hydrogen (secondary N) is 3. The normalized spacial score (nSPS) is 17.6. The molecule has 3 atom stereocenters. The summed E-state index contributed by atoms with van der Waals surface area (Å²) >= 11 is 0. The van der Waals surface area contributed by atoms with Crippen LogP contribution >= 0.6 is 0 Å². The lowest BCUT2D eigenvalue weighted by Gasteiger charge is -2.40. The molecule has 50 heavy (non-hydrogen) atoms. The number of rotatable bonds is 11. The number of carbonyl (C=O) groups is 5. The summed E-state index contributed by atoms with van der Waals surface area (Å²) in [5.41, 5.74) is -1.33. The van der Waals surface area contributed by atoms with Crippen LogP contribution in [0, 0.1) is 5.92 Å². The standard InChI is InChI=1S/C36H57N5O9/c1-24(38-31(44)48-34(2,3)4)37-18-14-17-26(19-29(42)47-23-25-15-12-11-13-16-25)30(43)41-21-27(39-32(45)49-35(5,6)7)20-28(22-41)40-33(46)50-36(8,9)10/h11-13,15-16,26-28H,14,17-23H2,1-10H3,(H,39,45)(H,40,46)(H,37,38,44)/t26-,27-,28+/m1/s1. The Labute approximate surface area is 296 Å². The summed E-state index contributed by atoms with van der Waals surface area (Å²) < 4.78 is 21.7. The van der Waals surface area contributed by atoms with Crippen molar-refractivity contribution in [2.45, 2.75) is 130 Å². The maximum Gasteiger partial charge on any atom is 0.413 e. The van der Waals surface area contributed by atoms with Gasteiger partial charge in [-0.3, -0.25) is 19.9 Å². The highest BCUT2D eigenvalue weighted by atomic mass is 16.6. The summed E-state index contributed by atoms with van der Waals surface area (Å²) in [6.45, 7) is 18.0. The lowest BCUT2D eigenvalue weighted by molar-refractivity contribution is -0.150. The minimum atomic E-state index is -0.782. The fourth-order valence-electron chi connectivity index (χ4n) is 5.08. The second-order valence-corrected chi connectivity index (χ2v) is 15.4. The molecule has 0 saturated carbocycles. The van der Waals surface area contributed by atoms with E-state index in [9.17, 15) is 24.0 Å². The summed E-state index contributed by atoms with van der Waals surface area (Å²) in [6.07, 6.45) is -1.08. The first-order valence-electron chi connectivity index (χ1n) is 17.1. The average molecular weight is 704 g/mol. The number of nitrogens with zero attached hydrogens (tertiary/aromatic N) is 2. The number of likely N-dealkylation sites (tertiary alicyclic amines) is 1. The highest BCUT2D eigenvalue weighted by Gasteiger charge is 2.36. The van der Waals surface area contributed by atoms with E-state index in [1.807, 2.05) is 30.3 Å². The third-order valence-electron chi connectivity index (χ3n) is 6.95. The number of benzene rings is 1. The summed E-state index contributed by atoms with van der Waals surface area (Å²) in [5, 5.41) is 8.23. The van der Waals surface area contributed by atoms with Crippen LogP contribution in [0.2, 0.25) is 0 Å². The SMILES string of the molecule is CC(=NCCC[C@H](CC(=O)OCc1ccccc1)C(=O)N1C[C@H](NC(=O)OC(C)(C)C)C[C@H](NC(=O)OC(C)(C)C)C1)NC(=O)OC(C)(C)C. The first kappa shape index (κ1) is 41.8. The summed E-state index contributed by atoms with van der Waals surface area (Å²) in [6, 6.07) is 8.11. The Bertz CT molecular complexity index is 1290. The van der Waals surface area contributed by atoms with E-state index in [2.05, 4.69) is 20.9 Å². The van der Waals surface area contributed by atoms with Crippen molar-refractivity contribution in [3.63, 3.8) is 0 Å². The highest BCUT2D eigenvalue weighted by Crippen LogP contribution is 2.22. The van der Waals surface area contributed by atoms with E-state index in [0.29, 0.717) is 18.7 Å². The molecule has 3 N–H and O–H groups in total. The van der Waals surface area contributed by atoms with E-state index in [-0.39, 0.29) is 45.0 Å². The van der Waals surface area contributed by atoms with Crippen LogP contribution < -0.4 is 16.0 Å². The van der Waals surface area contributed by atoms with Gasteiger partial charge in [0, 0.05) is 25.6 Å². The Kier molecular flexibility index (Phi) is 15.5. The van der Waals surface area contributed by atoms with Crippen LogP contribution in [0.4, 0.5) is 14.4 Å². The van der Waals surface area contributed by atoms with Crippen LogP contribution in [-0.4, -0.2) is 89.4 Å². The first-order valence-corrected chi connectivity index (χ1v) is 17.1. The molecule has 2 rings (SSSR count). The Morgan fingerprint density at radius 3 is 1.80 bits per heavy atom. The van der Waals surface area contributed by atoms with Gasteiger partial charge >= 0.3 is 24.2 Å². The number of piperidine rings is 1. The number of aliphatic imine (C=N–C) groups is 1. The Morgan fingerprint density at radius 2 is 1.30 bits per heavy atom. The van der Waals surface area contributed by atoms with E-state index < -0.39 is 59.1 Å². The van der Waals surface area contributed by atoms with Gasteiger partial charge in [-0.15, -0.1) is 0 Å². The summed E-state index contributed by atoms with van der Waals surface area (Å²) in [7, 11) is 0. The molecule has 1 saturated heterocycles. The smallest absolute Gasteiger partial charge is 0.413 e. The molecule has 1 aromatic rings. The number of amides is 4. The minimum Gasteiger partial charge on any atom is -0.461 e. The molecule has 1 aromatic carbocycles. The molecule has 14 heteroatoms. The summed E-state index contributed by atoms with van der Waals surface area (Å²) in [4.78, 5) is 70.6. The van der Waals surface area contributed by atoms with Gasteiger partial charge in [0.1, 0.15) is 29.2 Å². The van der Waals surface area contributed by atoms with Gasteiger partial charge in [0.15, 0.2) is 0 Å². The molecule has 14 nitrogen and oxygen atoms in total. The summed E-state index contributed by atoms with van der Waals surface area (Å²) in [5.74, 6) is -1.30. The van der Waals surface area contributed by atoms with Gasteiger partial charge in [0.2, 0.25) is 5.91 Å². The Balaban J connectivity index is 2.22. The predicted octanol–water partition coefficient (Wildman–Crippen LogP) is 5.48. The molecule has 4 amide bonds. The van der Waals surface area contributed by atoms with E-state index in [1.165, 1.54) is 0 Å². The van der Waals surface area contributed by atoms with Gasteiger partial charge in [-0.05, 0) is 94.1 Å². The average Bonchev–Trinajstić information content (AvgIpc) is 2.94. The lowest BCUT2D eigenvalue weighted by Crippen LogP contribution is -2.59. The van der Waals surface area contributed by atoms with Crippen molar-refractivity contribution >= 4 is 36.0 Å². The van der Waals surface area contributed by atoms with E-state index in [0.717, 1.165) is 5.56 Å². The number of hydrogen-bond donors (Lipinski definition) is 3. The number of alkyl carbamates (subject to hydrolysis) is 3. The maximum atomic E-state index is 14.2. The fourth-order valence-corrected chi connectivity index (χ4v) is 5.08. The van der Waals surface area contributed by atoms with Crippen LogP contribution in [0.15, 0.2) is 35.3 Å². The number of hydrogen-bond acceptors (Lipinski definition) is 10. The molecular weight excluding hydrogens is 646 g/mol. The van der Waals surface area contributed by atoms with Gasteiger partial charge in [0.05, 0.1) is 18.5 Å². The molecule has 0 radical (unpaired) electrons. The molecule has 1 heterocycles. The van der Waals surface area contributed by atoms with E-state index in [1.54, 1.807) is 74.1 Å². The fraction of sp³-hybridized carbons (Fsp3) is 0.667. The van der Waals surface area contributed by atoms with Crippen molar-refractivity contribution in [2.24, 2.45) is 10.9 Å². The molecule has 0 spiro atoms. The zero-order valence-electron chi connectivity index (χ0n) is 31.3. The molecule has 280 valence electrons. The van der Waals surface area contributed by atoms with Crippen LogP contribution in [0.25, 0.3) is 0 Å². The van der Waals surface area contributed by atoms with Crippen molar-refractivity contribution in [3.8, 4) is 0 Å². The molecule has 0 aliphatic carbocycles. The van der Waals surface area contributed by atoms with E-state index >= 15 is 0 Å². The topological polar surface area (TPSA) is 174 Å². The quantitative estimate of drug-likeness (QED) is 0.0887. The third-order valence-corrected chi connectivity index (χ3v) is 6.95. The minimum absolute atomic E-state index is 0.0634. The van der Waals surface area contributed by atoms with Crippen LogP contribution in [0.1, 0.15) is 100 Å². The molecule has 0 bridgehead atoms. The van der Waals surface area contributed by atoms with Gasteiger partial charge in [-0.1, -0.05) is 30.3 Å². The largest absolute Gasteiger partial charge is 0.461 e. The van der Waals surface area contributed by atoms with E-state index in [4.69, 9.17) is 18.9 Å². The molecule has 0 unspecified atom stereocenters. The van der Waals surface area contributed by atoms with Crippen molar-refractivity contribution in [1.82, 2.24) is 20.9 Å². The van der Waals surface area contributed by atoms with Crippen molar-refractivity contribution in [1.29, 1.82) is 0 Å². The number of esters is 1. The van der Waals surface area contributed by atoms with Crippen LogP contribution in [0.5, 0.6) is 0 Å². The predicted molar refractivity (Wildman–Crippen MR) is 188 cm³/mol. The second-order valence-electron chi connectivity index (χ2n) is 15.4. The monoisotopic (exact) mass is 703 g/mol. The third kappa shape index (κ3) is 17.9. The molecule has 1 aliphatic heterocycles. The van der Waals surface area contributed by atoms with Crippen molar-refractivity contribution < 1.29 is 42.9 Å². The molecular formula is C36H57N5O9. The van der Waals surface area contributed by atoms with Gasteiger partial charge in [0.25, 0.3) is 0 Å². The zero-order chi connectivity index (χ0) is 37.7. The van der Waals surface area contributed by atoms with Crippen molar-refractivity contribution in [3.05, 3.63) is 35.9 Å². The number of amidine groups is 1. The molecule has 1 aliphatic rings. The lowest BCUT2D eigenvalue weighted by atomic mass is 9.94.